The summed E-state index contributed by atoms with van der Waals surface area (Å²) >= 11 is 0. The number of benzene rings is 9. The Kier molecular flexibility index (Phi) is 5.14. The van der Waals surface area contributed by atoms with Crippen molar-refractivity contribution in [2.24, 2.45) is 0 Å². The van der Waals surface area contributed by atoms with Crippen LogP contribution < -0.4 is 0 Å². The Morgan fingerprint density at radius 3 is 1.58 bits per heavy atom. The van der Waals surface area contributed by atoms with Gasteiger partial charge in [0.15, 0.2) is 0 Å². The van der Waals surface area contributed by atoms with E-state index in [2.05, 4.69) is 146 Å². The topological polar surface area (TPSA) is 26.3 Å². The maximum absolute atomic E-state index is 6.52. The second-order valence-corrected chi connectivity index (χ2v) is 12.8. The Morgan fingerprint density at radius 2 is 0.833 bits per heavy atom. The minimum atomic E-state index is 0.865. The number of para-hydroxylation sites is 1. The second-order valence-electron chi connectivity index (χ2n) is 12.8. The predicted octanol–water partition coefficient (Wildman–Crippen LogP) is 13.4. The number of hydrogen-bond donors (Lipinski definition) is 0. The van der Waals surface area contributed by atoms with Gasteiger partial charge in [-0.05, 0) is 102 Å². The van der Waals surface area contributed by atoms with Crippen molar-refractivity contribution in [2.45, 2.75) is 0 Å². The lowest BCUT2D eigenvalue weighted by molar-refractivity contribution is 0.667. The van der Waals surface area contributed by atoms with Gasteiger partial charge < -0.3 is 8.83 Å². The summed E-state index contributed by atoms with van der Waals surface area (Å²) in [6.45, 7) is 0. The zero-order valence-corrected chi connectivity index (χ0v) is 25.8. The Labute approximate surface area is 275 Å². The molecule has 48 heavy (non-hydrogen) atoms. The van der Waals surface area contributed by atoms with Crippen molar-refractivity contribution >= 4 is 87.0 Å². The van der Waals surface area contributed by atoms with E-state index in [1.165, 1.54) is 54.6 Å². The molecule has 0 saturated heterocycles. The highest BCUT2D eigenvalue weighted by atomic mass is 16.3. The molecular weight excluding hydrogens is 585 g/mol. The highest BCUT2D eigenvalue weighted by molar-refractivity contribution is 6.23. The molecule has 2 aromatic heterocycles. The molecule has 9 aromatic carbocycles. The lowest BCUT2D eigenvalue weighted by Gasteiger charge is -2.18. The van der Waals surface area contributed by atoms with Gasteiger partial charge in [-0.15, -0.1) is 0 Å². The summed E-state index contributed by atoms with van der Waals surface area (Å²) in [5.74, 6) is 0. The SMILES string of the molecule is c1ccc2cc(-c3c4ccccc4c(-c4ccc5oc6cc7c(ccc8c9ccccc9oc78)cc6c5c4)c4ccccc34)ccc2c1. The third kappa shape index (κ3) is 3.57. The molecule has 0 aliphatic carbocycles. The summed E-state index contributed by atoms with van der Waals surface area (Å²) in [5, 5.41) is 14.2. The van der Waals surface area contributed by atoms with Crippen LogP contribution in [0.2, 0.25) is 0 Å². The minimum Gasteiger partial charge on any atom is -0.456 e. The van der Waals surface area contributed by atoms with Crippen molar-refractivity contribution in [2.75, 3.05) is 0 Å². The van der Waals surface area contributed by atoms with Crippen LogP contribution >= 0.6 is 0 Å². The van der Waals surface area contributed by atoms with Crippen LogP contribution in [0.5, 0.6) is 0 Å². The first kappa shape index (κ1) is 25.8. The quantitative estimate of drug-likeness (QED) is 0.182. The Bertz CT molecular complexity index is 3060. The fourth-order valence-electron chi connectivity index (χ4n) is 8.03. The first-order valence-corrected chi connectivity index (χ1v) is 16.4. The molecule has 0 N–H and O–H groups in total. The first-order valence-electron chi connectivity index (χ1n) is 16.4. The van der Waals surface area contributed by atoms with Crippen LogP contribution in [0.4, 0.5) is 0 Å². The van der Waals surface area contributed by atoms with Gasteiger partial charge in [0.05, 0.1) is 0 Å². The van der Waals surface area contributed by atoms with Crippen molar-refractivity contribution < 1.29 is 8.83 Å². The zero-order chi connectivity index (χ0) is 31.3. The van der Waals surface area contributed by atoms with Gasteiger partial charge in [-0.2, -0.15) is 0 Å². The monoisotopic (exact) mass is 610 g/mol. The molecule has 2 heteroatoms. The van der Waals surface area contributed by atoms with Crippen LogP contribution in [0.1, 0.15) is 0 Å². The molecule has 0 saturated carbocycles. The molecule has 0 aliphatic rings. The van der Waals surface area contributed by atoms with E-state index in [0.29, 0.717) is 0 Å². The Balaban J connectivity index is 1.17. The molecule has 0 unspecified atom stereocenters. The Hall–Kier alpha value is -6.38. The molecule has 222 valence electrons. The molecule has 0 fully saturated rings. The number of fused-ring (bicyclic) bond motifs is 11. The van der Waals surface area contributed by atoms with E-state index in [1.54, 1.807) is 0 Å². The molecule has 0 atom stereocenters. The van der Waals surface area contributed by atoms with Crippen LogP contribution in [0.25, 0.3) is 109 Å². The van der Waals surface area contributed by atoms with Crippen molar-refractivity contribution in [1.82, 2.24) is 0 Å². The normalized spacial score (nSPS) is 12.2. The summed E-state index contributed by atoms with van der Waals surface area (Å²) in [4.78, 5) is 0. The van der Waals surface area contributed by atoms with Gasteiger partial charge in [-0.25, -0.2) is 0 Å². The van der Waals surface area contributed by atoms with Gasteiger partial charge in [0, 0.05) is 26.9 Å². The van der Waals surface area contributed by atoms with E-state index in [9.17, 15) is 0 Å². The summed E-state index contributed by atoms with van der Waals surface area (Å²) in [5.41, 5.74) is 8.47. The molecule has 0 radical (unpaired) electrons. The lowest BCUT2D eigenvalue weighted by atomic mass is 9.85. The zero-order valence-electron chi connectivity index (χ0n) is 25.8. The standard InChI is InChI=1S/C46H26O2/c1-2-10-28-23-30(18-17-27(28)9-1)44-33-12-3-5-14-35(33)45(36-15-6-4-13-34(36)44)31-20-22-42-39(25-31)40-24-29-19-21-37-32-11-7-8-16-41(32)48-46(37)38(29)26-43(40)47-42/h1-26H. The van der Waals surface area contributed by atoms with E-state index < -0.39 is 0 Å². The maximum atomic E-state index is 6.52. The average molecular weight is 611 g/mol. The largest absolute Gasteiger partial charge is 0.456 e. The van der Waals surface area contributed by atoms with Crippen LogP contribution in [0, 0.1) is 0 Å². The number of rotatable bonds is 2. The fraction of sp³-hybridized carbons (Fsp3) is 0. The van der Waals surface area contributed by atoms with Crippen LogP contribution in [0.15, 0.2) is 167 Å². The number of hydrogen-bond acceptors (Lipinski definition) is 2. The molecule has 2 heterocycles. The molecule has 0 bridgehead atoms. The molecule has 2 nitrogen and oxygen atoms in total. The Morgan fingerprint density at radius 1 is 0.271 bits per heavy atom. The van der Waals surface area contributed by atoms with E-state index in [0.717, 1.165) is 54.6 Å². The van der Waals surface area contributed by atoms with Gasteiger partial charge in [0.1, 0.15) is 22.3 Å². The van der Waals surface area contributed by atoms with Gasteiger partial charge >= 0.3 is 0 Å². The molecule has 0 amide bonds. The molecular formula is C46H26O2. The highest BCUT2D eigenvalue weighted by Gasteiger charge is 2.19. The number of furan rings is 2. The molecule has 0 spiro atoms. The van der Waals surface area contributed by atoms with E-state index in [1.807, 2.05) is 12.1 Å². The van der Waals surface area contributed by atoms with Gasteiger partial charge in [-0.3, -0.25) is 0 Å². The summed E-state index contributed by atoms with van der Waals surface area (Å²) in [6.07, 6.45) is 0. The predicted molar refractivity (Wildman–Crippen MR) is 202 cm³/mol. The third-order valence-electron chi connectivity index (χ3n) is 10.2. The fourth-order valence-corrected chi connectivity index (χ4v) is 8.03. The summed E-state index contributed by atoms with van der Waals surface area (Å²) in [6, 6.07) is 56.8. The highest BCUT2D eigenvalue weighted by Crippen LogP contribution is 2.46. The van der Waals surface area contributed by atoms with Crippen LogP contribution in [0.3, 0.4) is 0 Å². The van der Waals surface area contributed by atoms with E-state index >= 15 is 0 Å². The first-order chi connectivity index (χ1) is 23.8. The molecule has 0 aliphatic heterocycles. The molecule has 11 aromatic rings. The van der Waals surface area contributed by atoms with Crippen molar-refractivity contribution in [1.29, 1.82) is 0 Å². The minimum absolute atomic E-state index is 0.865. The lowest BCUT2D eigenvalue weighted by Crippen LogP contribution is -1.91. The van der Waals surface area contributed by atoms with Gasteiger partial charge in [-0.1, -0.05) is 115 Å². The molecule has 11 rings (SSSR count). The van der Waals surface area contributed by atoms with E-state index in [4.69, 9.17) is 8.83 Å². The third-order valence-corrected chi connectivity index (χ3v) is 10.2. The van der Waals surface area contributed by atoms with Crippen molar-refractivity contribution in [3.8, 4) is 22.3 Å². The van der Waals surface area contributed by atoms with Crippen molar-refractivity contribution in [3.63, 3.8) is 0 Å². The van der Waals surface area contributed by atoms with Gasteiger partial charge in [0.25, 0.3) is 0 Å². The van der Waals surface area contributed by atoms with Crippen LogP contribution in [-0.2, 0) is 0 Å². The summed E-state index contributed by atoms with van der Waals surface area (Å²) in [7, 11) is 0. The maximum Gasteiger partial charge on any atom is 0.143 e. The van der Waals surface area contributed by atoms with Crippen LogP contribution in [-0.4, -0.2) is 0 Å². The second kappa shape index (κ2) is 9.57. The smallest absolute Gasteiger partial charge is 0.143 e. The summed E-state index contributed by atoms with van der Waals surface area (Å²) < 4.78 is 12.9. The van der Waals surface area contributed by atoms with E-state index in [-0.39, 0.29) is 0 Å². The average Bonchev–Trinajstić information content (AvgIpc) is 3.70. The van der Waals surface area contributed by atoms with Crippen molar-refractivity contribution in [3.05, 3.63) is 158 Å². The van der Waals surface area contributed by atoms with Gasteiger partial charge in [0.2, 0.25) is 0 Å².